The Hall–Kier alpha value is -8.48. The van der Waals surface area contributed by atoms with Gasteiger partial charge in [0.2, 0.25) is 0 Å². The van der Waals surface area contributed by atoms with Crippen molar-refractivity contribution in [3.05, 3.63) is 217 Å². The van der Waals surface area contributed by atoms with Gasteiger partial charge in [0, 0.05) is 21.5 Å². The molecule has 306 valence electrons. The highest BCUT2D eigenvalue weighted by atomic mass is 16.5. The predicted octanol–water partition coefficient (Wildman–Crippen LogP) is 14.1. The summed E-state index contributed by atoms with van der Waals surface area (Å²) >= 11 is 0. The van der Waals surface area contributed by atoms with Crippen molar-refractivity contribution in [2.24, 2.45) is 0 Å². The lowest BCUT2D eigenvalue weighted by molar-refractivity contribution is 0.0599. The molecule has 6 nitrogen and oxygen atoms in total. The molecule has 0 saturated carbocycles. The fourth-order valence-corrected chi connectivity index (χ4v) is 9.30. The summed E-state index contributed by atoms with van der Waals surface area (Å²) in [5.41, 5.74) is 13.8. The Bertz CT molecular complexity index is 3160. The first-order valence-electron chi connectivity index (χ1n) is 21.2. The molecule has 64 heavy (non-hydrogen) atoms. The van der Waals surface area contributed by atoms with Crippen molar-refractivity contribution >= 4 is 55.6 Å². The van der Waals surface area contributed by atoms with Crippen molar-refractivity contribution in [1.29, 1.82) is 0 Å². The Balaban J connectivity index is 1.23. The molecule has 9 aromatic carbocycles. The van der Waals surface area contributed by atoms with Crippen molar-refractivity contribution in [1.82, 2.24) is 9.13 Å². The minimum Gasteiger partial charge on any atom is -0.465 e. The molecule has 0 amide bonds. The van der Waals surface area contributed by atoms with Crippen molar-refractivity contribution in [2.75, 3.05) is 14.2 Å². The van der Waals surface area contributed by atoms with Crippen molar-refractivity contribution < 1.29 is 19.1 Å². The molecule has 0 fully saturated rings. The second-order valence-corrected chi connectivity index (χ2v) is 15.9. The lowest BCUT2D eigenvalue weighted by Gasteiger charge is -2.19. The first-order chi connectivity index (χ1) is 31.5. The van der Waals surface area contributed by atoms with Gasteiger partial charge in [-0.05, 0) is 105 Å². The van der Waals surface area contributed by atoms with E-state index in [9.17, 15) is 9.59 Å². The lowest BCUT2D eigenvalue weighted by atomic mass is 10.0. The molecule has 6 heteroatoms. The molecule has 0 unspecified atom stereocenters. The molecular formula is C58H40N2O4. The van der Waals surface area contributed by atoms with E-state index in [-0.39, 0.29) is 11.1 Å². The average molecular weight is 829 g/mol. The van der Waals surface area contributed by atoms with Crippen LogP contribution in [0.3, 0.4) is 0 Å². The molecule has 0 bridgehead atoms. The van der Waals surface area contributed by atoms with Crippen molar-refractivity contribution in [3.63, 3.8) is 0 Å². The Labute approximate surface area is 369 Å². The minimum absolute atomic E-state index is 0.225. The van der Waals surface area contributed by atoms with Gasteiger partial charge in [0.25, 0.3) is 0 Å². The first kappa shape index (κ1) is 38.4. The Morgan fingerprint density at radius 3 is 0.828 bits per heavy atom. The largest absolute Gasteiger partial charge is 0.465 e. The predicted molar refractivity (Wildman–Crippen MR) is 260 cm³/mol. The van der Waals surface area contributed by atoms with Gasteiger partial charge in [0.15, 0.2) is 0 Å². The number of carbonyl (C=O) groups excluding carboxylic acids is 2. The molecule has 0 N–H and O–H groups in total. The quantitative estimate of drug-likeness (QED) is 0.143. The van der Waals surface area contributed by atoms with Crippen LogP contribution in [0.15, 0.2) is 206 Å². The third-order valence-electron chi connectivity index (χ3n) is 12.4. The average Bonchev–Trinajstić information content (AvgIpc) is 3.87. The fraction of sp³-hybridized carbons (Fsp3) is 0.0345. The molecule has 0 radical (unpaired) electrons. The second kappa shape index (κ2) is 15.8. The number of aromatic nitrogens is 2. The standard InChI is InChI=1S/C58H40N2O4/c1-63-57(61)49-35-50(58(62)64-2)56(60-53-29-25-43(39-19-11-5-12-20-39)33-47(53)48-34-44(26-30-54(48)60)40-21-13-6-14-22-40)36-55(49)59-51-27-23-41(37-15-7-3-8-16-37)31-45(51)46-32-42(24-28-52(46)59)38-17-9-4-10-18-38/h3-36H,1-2H3. The van der Waals surface area contributed by atoms with E-state index in [1.165, 1.54) is 14.2 Å². The van der Waals surface area contributed by atoms with Crippen LogP contribution in [-0.2, 0) is 9.47 Å². The van der Waals surface area contributed by atoms with Crippen LogP contribution in [-0.4, -0.2) is 35.3 Å². The zero-order valence-electron chi connectivity index (χ0n) is 35.2. The molecule has 0 spiro atoms. The Morgan fingerprint density at radius 1 is 0.312 bits per heavy atom. The van der Waals surface area contributed by atoms with Crippen LogP contribution in [0, 0.1) is 0 Å². The zero-order chi connectivity index (χ0) is 43.3. The molecule has 0 aliphatic carbocycles. The third kappa shape index (κ3) is 6.43. The summed E-state index contributed by atoms with van der Waals surface area (Å²) < 4.78 is 15.2. The third-order valence-corrected chi connectivity index (χ3v) is 12.4. The number of hydrogen-bond donors (Lipinski definition) is 0. The van der Waals surface area contributed by atoms with Crippen molar-refractivity contribution in [2.45, 2.75) is 0 Å². The van der Waals surface area contributed by atoms with Gasteiger partial charge in [-0.3, -0.25) is 0 Å². The van der Waals surface area contributed by atoms with Gasteiger partial charge in [-0.1, -0.05) is 146 Å². The topological polar surface area (TPSA) is 62.5 Å². The van der Waals surface area contributed by atoms with Crippen LogP contribution in [0.4, 0.5) is 0 Å². The number of hydrogen-bond acceptors (Lipinski definition) is 4. The van der Waals surface area contributed by atoms with E-state index in [4.69, 9.17) is 9.47 Å². The SMILES string of the molecule is COC(=O)c1cc(C(=O)OC)c(-n2c3ccc(-c4ccccc4)cc3c3cc(-c4ccccc4)ccc32)cc1-n1c2ccc(-c3ccccc3)cc2c2cc(-c3ccccc3)ccc21. The first-order valence-corrected chi connectivity index (χ1v) is 21.2. The molecule has 0 atom stereocenters. The number of ether oxygens (including phenoxy) is 2. The summed E-state index contributed by atoms with van der Waals surface area (Å²) in [5.74, 6) is -1.16. The number of fused-ring (bicyclic) bond motifs is 6. The molecule has 11 aromatic rings. The second-order valence-electron chi connectivity index (χ2n) is 15.9. The van der Waals surface area contributed by atoms with E-state index in [1.807, 2.05) is 78.9 Å². The van der Waals surface area contributed by atoms with Crippen LogP contribution >= 0.6 is 0 Å². The highest BCUT2D eigenvalue weighted by Gasteiger charge is 2.27. The number of rotatable bonds is 8. The molecule has 0 aliphatic heterocycles. The van der Waals surface area contributed by atoms with Gasteiger partial charge in [0.1, 0.15) is 0 Å². The maximum atomic E-state index is 14.1. The normalized spacial score (nSPS) is 11.4. The monoisotopic (exact) mass is 828 g/mol. The van der Waals surface area contributed by atoms with E-state index in [2.05, 4.69) is 130 Å². The smallest absolute Gasteiger partial charge is 0.340 e. The van der Waals surface area contributed by atoms with Gasteiger partial charge in [-0.25, -0.2) is 9.59 Å². The summed E-state index contributed by atoms with van der Waals surface area (Å²) in [7, 11) is 2.73. The summed E-state index contributed by atoms with van der Waals surface area (Å²) in [6, 6.07) is 70.7. The highest BCUT2D eigenvalue weighted by molar-refractivity contribution is 6.15. The van der Waals surface area contributed by atoms with E-state index in [0.717, 1.165) is 88.1 Å². The molecular weight excluding hydrogens is 789 g/mol. The number of nitrogens with zero attached hydrogens (tertiary/aromatic N) is 2. The molecule has 0 saturated heterocycles. The highest BCUT2D eigenvalue weighted by Crippen LogP contribution is 2.42. The van der Waals surface area contributed by atoms with Crippen molar-refractivity contribution in [3.8, 4) is 55.9 Å². The summed E-state index contributed by atoms with van der Waals surface area (Å²) in [5, 5.41) is 4.06. The number of benzene rings is 9. The van der Waals surface area contributed by atoms with E-state index >= 15 is 0 Å². The number of methoxy groups -OCH3 is 2. The van der Waals surface area contributed by atoms with Crippen LogP contribution < -0.4 is 0 Å². The maximum absolute atomic E-state index is 14.1. The van der Waals surface area contributed by atoms with E-state index in [0.29, 0.717) is 11.4 Å². The lowest BCUT2D eigenvalue weighted by Crippen LogP contribution is -2.15. The molecule has 11 rings (SSSR count). The number of carbonyl (C=O) groups is 2. The van der Waals surface area contributed by atoms with Gasteiger partial charge in [0.05, 0.1) is 58.8 Å². The summed E-state index contributed by atoms with van der Waals surface area (Å²) in [6.45, 7) is 0. The summed E-state index contributed by atoms with van der Waals surface area (Å²) in [4.78, 5) is 28.2. The zero-order valence-corrected chi connectivity index (χ0v) is 35.2. The van der Waals surface area contributed by atoms with Gasteiger partial charge < -0.3 is 18.6 Å². The van der Waals surface area contributed by atoms with Gasteiger partial charge >= 0.3 is 11.9 Å². The van der Waals surface area contributed by atoms with Gasteiger partial charge in [-0.15, -0.1) is 0 Å². The van der Waals surface area contributed by atoms with E-state index in [1.54, 1.807) is 6.07 Å². The van der Waals surface area contributed by atoms with Gasteiger partial charge in [-0.2, -0.15) is 0 Å². The molecule has 2 aromatic heterocycles. The molecule has 2 heterocycles. The van der Waals surface area contributed by atoms with E-state index < -0.39 is 11.9 Å². The Kier molecular flexibility index (Phi) is 9.47. The number of esters is 2. The molecule has 0 aliphatic rings. The summed E-state index contributed by atoms with van der Waals surface area (Å²) in [6.07, 6.45) is 0. The van der Waals surface area contributed by atoms with Crippen LogP contribution in [0.1, 0.15) is 20.7 Å². The van der Waals surface area contributed by atoms with Crippen LogP contribution in [0.25, 0.3) is 99.5 Å². The van der Waals surface area contributed by atoms with Crippen LogP contribution in [0.5, 0.6) is 0 Å². The maximum Gasteiger partial charge on any atom is 0.340 e. The van der Waals surface area contributed by atoms with Crippen LogP contribution in [0.2, 0.25) is 0 Å². The minimum atomic E-state index is -0.578. The Morgan fingerprint density at radius 2 is 0.578 bits per heavy atom. The fourth-order valence-electron chi connectivity index (χ4n) is 9.30.